The first kappa shape index (κ1) is 19.7. The maximum atomic E-state index is 12.7. The maximum Gasteiger partial charge on any atom is 0.334 e. The lowest BCUT2D eigenvalue weighted by atomic mass is 9.60. The molecule has 0 spiro atoms. The minimum atomic E-state index is -0.526. The molecule has 1 aromatic rings. The van der Waals surface area contributed by atoms with Gasteiger partial charge >= 0.3 is 11.9 Å². The quantitative estimate of drug-likeness (QED) is 0.623. The summed E-state index contributed by atoms with van der Waals surface area (Å²) in [6.45, 7) is 3.77. The Kier molecular flexibility index (Phi) is 5.75. The van der Waals surface area contributed by atoms with Crippen molar-refractivity contribution in [1.29, 1.82) is 0 Å². The van der Waals surface area contributed by atoms with E-state index in [2.05, 4.69) is 0 Å². The summed E-state index contributed by atoms with van der Waals surface area (Å²) in [6.07, 6.45) is 6.30. The number of ether oxygens (including phenoxy) is 2. The third-order valence-corrected chi connectivity index (χ3v) is 6.11. The Labute approximate surface area is 159 Å². The average Bonchev–Trinajstić information content (AvgIpc) is 3.29. The van der Waals surface area contributed by atoms with Crippen molar-refractivity contribution in [2.45, 2.75) is 64.6 Å². The molecule has 1 saturated carbocycles. The van der Waals surface area contributed by atoms with E-state index in [0.717, 1.165) is 30.4 Å². The van der Waals surface area contributed by atoms with Gasteiger partial charge in [-0.15, -0.1) is 0 Å². The van der Waals surface area contributed by atoms with E-state index in [1.54, 1.807) is 25.5 Å². The fraction of sp³-hybridized carbons (Fsp3) is 0.619. The molecule has 0 aromatic carbocycles. The third-order valence-electron chi connectivity index (χ3n) is 6.11. The molecule has 2 fully saturated rings. The van der Waals surface area contributed by atoms with E-state index in [1.165, 1.54) is 7.11 Å². The van der Waals surface area contributed by atoms with Crippen molar-refractivity contribution < 1.29 is 28.6 Å². The van der Waals surface area contributed by atoms with Crippen LogP contribution in [0.3, 0.4) is 0 Å². The smallest absolute Gasteiger partial charge is 0.334 e. The van der Waals surface area contributed by atoms with Crippen LogP contribution in [0.15, 0.2) is 34.2 Å². The second-order valence-corrected chi connectivity index (χ2v) is 7.89. The first-order valence-electron chi connectivity index (χ1n) is 9.58. The number of methoxy groups -OCH3 is 1. The number of hydrogen-bond acceptors (Lipinski definition) is 6. The number of aliphatic hydroxyl groups is 1. The molecule has 1 aliphatic carbocycles. The zero-order valence-electron chi connectivity index (χ0n) is 16.2. The molecule has 2 aliphatic rings. The van der Waals surface area contributed by atoms with Gasteiger partial charge in [0.15, 0.2) is 0 Å². The van der Waals surface area contributed by atoms with Gasteiger partial charge in [-0.3, -0.25) is 4.79 Å². The van der Waals surface area contributed by atoms with E-state index in [0.29, 0.717) is 24.8 Å². The molecule has 1 aromatic heterocycles. The summed E-state index contributed by atoms with van der Waals surface area (Å²) in [5, 5.41) is 9.82. The number of aliphatic hydroxyl groups excluding tert-OH is 1. The van der Waals surface area contributed by atoms with Crippen LogP contribution in [-0.4, -0.2) is 30.3 Å². The molecule has 1 N–H and O–H groups in total. The van der Waals surface area contributed by atoms with Gasteiger partial charge in [0.1, 0.15) is 6.10 Å². The van der Waals surface area contributed by atoms with Gasteiger partial charge in [0.05, 0.1) is 31.7 Å². The minimum absolute atomic E-state index is 0.251. The number of carbonyl (C=O) groups is 2. The summed E-state index contributed by atoms with van der Waals surface area (Å²) in [6, 6.07) is 1.80. The molecule has 148 valence electrons. The van der Waals surface area contributed by atoms with Gasteiger partial charge in [-0.1, -0.05) is 12.5 Å². The van der Waals surface area contributed by atoms with E-state index in [9.17, 15) is 14.7 Å². The Morgan fingerprint density at radius 2 is 2.26 bits per heavy atom. The number of esters is 2. The molecule has 1 saturated heterocycles. The first-order valence-corrected chi connectivity index (χ1v) is 9.58. The highest BCUT2D eigenvalue weighted by molar-refractivity contribution is 5.92. The van der Waals surface area contributed by atoms with Gasteiger partial charge < -0.3 is 19.0 Å². The normalized spacial score (nSPS) is 32.2. The number of furan rings is 1. The number of hydrogen-bond donors (Lipinski definition) is 1. The molecule has 2 heterocycles. The van der Waals surface area contributed by atoms with Crippen LogP contribution in [0.5, 0.6) is 0 Å². The second-order valence-electron chi connectivity index (χ2n) is 7.89. The summed E-state index contributed by atoms with van der Waals surface area (Å²) in [7, 11) is 1.40. The molecule has 4 atom stereocenters. The van der Waals surface area contributed by atoms with Crippen molar-refractivity contribution in [1.82, 2.24) is 0 Å². The van der Waals surface area contributed by atoms with Gasteiger partial charge in [-0.25, -0.2) is 4.79 Å². The Hall–Kier alpha value is -2.08. The van der Waals surface area contributed by atoms with Gasteiger partial charge in [0.25, 0.3) is 0 Å². The fourth-order valence-corrected chi connectivity index (χ4v) is 4.55. The van der Waals surface area contributed by atoms with Crippen LogP contribution in [0.1, 0.15) is 64.0 Å². The molecule has 1 aliphatic heterocycles. The fourth-order valence-electron chi connectivity index (χ4n) is 4.55. The highest BCUT2D eigenvalue weighted by Crippen LogP contribution is 2.52. The Morgan fingerprint density at radius 1 is 1.48 bits per heavy atom. The van der Waals surface area contributed by atoms with Gasteiger partial charge in [-0.2, -0.15) is 0 Å². The predicted octanol–water partition coefficient (Wildman–Crippen LogP) is 3.70. The Balaban J connectivity index is 1.98. The second kappa shape index (κ2) is 7.89. The minimum Gasteiger partial charge on any atom is -0.472 e. The average molecular weight is 376 g/mol. The van der Waals surface area contributed by atoms with Crippen molar-refractivity contribution in [3.63, 3.8) is 0 Å². The molecule has 6 nitrogen and oxygen atoms in total. The third kappa shape index (κ3) is 3.81. The first-order chi connectivity index (χ1) is 12.9. The van der Waals surface area contributed by atoms with Crippen LogP contribution in [-0.2, 0) is 19.1 Å². The number of carbonyl (C=O) groups excluding carboxylic acids is 2. The molecular formula is C21H28O6. The Bertz CT molecular complexity index is 717. The van der Waals surface area contributed by atoms with Crippen LogP contribution < -0.4 is 0 Å². The molecule has 0 bridgehead atoms. The summed E-state index contributed by atoms with van der Waals surface area (Å²) in [5.41, 5.74) is 1.97. The predicted molar refractivity (Wildman–Crippen MR) is 97.6 cm³/mol. The van der Waals surface area contributed by atoms with Crippen LogP contribution in [0.2, 0.25) is 0 Å². The lowest BCUT2D eigenvalue weighted by molar-refractivity contribution is -0.151. The number of rotatable bonds is 5. The van der Waals surface area contributed by atoms with Crippen molar-refractivity contribution in [2.75, 3.05) is 7.11 Å². The summed E-state index contributed by atoms with van der Waals surface area (Å²) >= 11 is 0. The van der Waals surface area contributed by atoms with Gasteiger partial charge in [0, 0.05) is 23.0 Å². The highest BCUT2D eigenvalue weighted by atomic mass is 16.6. The van der Waals surface area contributed by atoms with Crippen LogP contribution in [0, 0.1) is 11.3 Å². The number of cyclic esters (lactones) is 1. The zero-order valence-corrected chi connectivity index (χ0v) is 16.2. The van der Waals surface area contributed by atoms with Crippen molar-refractivity contribution in [3.05, 3.63) is 35.3 Å². The van der Waals surface area contributed by atoms with E-state index in [4.69, 9.17) is 13.9 Å². The summed E-state index contributed by atoms with van der Waals surface area (Å²) in [4.78, 5) is 25.2. The Morgan fingerprint density at radius 3 is 2.89 bits per heavy atom. The SMILES string of the molecule is COC(=O)C1CCCC(=C2CC(c3ccoc3)OC2=O)C1(C)CCC(C)O. The van der Waals surface area contributed by atoms with Gasteiger partial charge in [0.2, 0.25) is 0 Å². The lowest BCUT2D eigenvalue weighted by Crippen LogP contribution is -2.40. The van der Waals surface area contributed by atoms with Crippen LogP contribution >= 0.6 is 0 Å². The van der Waals surface area contributed by atoms with Crippen molar-refractivity contribution in [2.24, 2.45) is 11.3 Å². The van der Waals surface area contributed by atoms with E-state index < -0.39 is 11.5 Å². The lowest BCUT2D eigenvalue weighted by Gasteiger charge is -2.43. The topological polar surface area (TPSA) is 86.0 Å². The largest absolute Gasteiger partial charge is 0.472 e. The molecule has 0 amide bonds. The molecular weight excluding hydrogens is 348 g/mol. The highest BCUT2D eigenvalue weighted by Gasteiger charge is 2.48. The molecule has 6 heteroatoms. The van der Waals surface area contributed by atoms with Crippen molar-refractivity contribution >= 4 is 11.9 Å². The van der Waals surface area contributed by atoms with Crippen molar-refractivity contribution in [3.8, 4) is 0 Å². The van der Waals surface area contributed by atoms with E-state index in [-0.39, 0.29) is 24.0 Å². The standard InChI is InChI=1S/C21H28O6/c1-13(22)7-9-21(2)16(5-4-6-17(21)20(24)25-3)15-11-18(27-19(15)23)14-8-10-26-12-14/h8,10,12-13,17-18,22H,4-7,9,11H2,1-3H3. The molecule has 4 unspecified atom stereocenters. The zero-order chi connectivity index (χ0) is 19.6. The monoisotopic (exact) mass is 376 g/mol. The molecule has 3 rings (SSSR count). The summed E-state index contributed by atoms with van der Waals surface area (Å²) in [5.74, 6) is -0.887. The van der Waals surface area contributed by atoms with Crippen LogP contribution in [0.25, 0.3) is 0 Å². The van der Waals surface area contributed by atoms with E-state index in [1.807, 2.05) is 6.92 Å². The van der Waals surface area contributed by atoms with Gasteiger partial charge in [-0.05, 0) is 45.1 Å². The molecule has 27 heavy (non-hydrogen) atoms. The summed E-state index contributed by atoms with van der Waals surface area (Å²) < 4.78 is 15.8. The molecule has 0 radical (unpaired) electrons. The van der Waals surface area contributed by atoms with Crippen LogP contribution in [0.4, 0.5) is 0 Å². The number of allylic oxidation sites excluding steroid dienone is 1. The maximum absolute atomic E-state index is 12.7. The van der Waals surface area contributed by atoms with E-state index >= 15 is 0 Å².